The lowest BCUT2D eigenvalue weighted by Crippen LogP contribution is -2.43. The van der Waals surface area contributed by atoms with Gasteiger partial charge in [0.1, 0.15) is 6.04 Å². The van der Waals surface area contributed by atoms with E-state index in [0.717, 1.165) is 25.7 Å². The van der Waals surface area contributed by atoms with Crippen LogP contribution in [0, 0.1) is 5.92 Å². The number of carboxylic acids is 1. The van der Waals surface area contributed by atoms with E-state index in [4.69, 9.17) is 10.8 Å². The third-order valence-electron chi connectivity index (χ3n) is 3.24. The molecule has 1 atom stereocenters. The fraction of sp³-hybridized carbons (Fsp3) is 0.750. The predicted molar refractivity (Wildman–Crippen MR) is 64.6 cm³/mol. The van der Waals surface area contributed by atoms with Crippen LogP contribution in [0.2, 0.25) is 0 Å². The highest BCUT2D eigenvalue weighted by atomic mass is 16.4. The van der Waals surface area contributed by atoms with Gasteiger partial charge in [0.25, 0.3) is 0 Å². The van der Waals surface area contributed by atoms with Crippen molar-refractivity contribution < 1.29 is 19.5 Å². The first kappa shape index (κ1) is 14.5. The molecule has 0 aromatic rings. The highest BCUT2D eigenvalue weighted by molar-refractivity contribution is 5.88. The molecule has 6 nitrogen and oxygen atoms in total. The molecular weight excluding hydrogens is 236 g/mol. The average molecular weight is 256 g/mol. The lowest BCUT2D eigenvalue weighted by molar-refractivity contribution is -0.143. The minimum absolute atomic E-state index is 0.310. The Morgan fingerprint density at radius 1 is 1.22 bits per heavy atom. The quantitative estimate of drug-likeness (QED) is 0.639. The second kappa shape index (κ2) is 6.98. The van der Waals surface area contributed by atoms with Crippen LogP contribution in [0.15, 0.2) is 0 Å². The van der Waals surface area contributed by atoms with Gasteiger partial charge in [-0.05, 0) is 18.8 Å². The number of primary amides is 1. The Balaban J connectivity index is 2.40. The first-order valence-corrected chi connectivity index (χ1v) is 6.29. The highest BCUT2D eigenvalue weighted by Gasteiger charge is 2.24. The molecule has 0 saturated heterocycles. The van der Waals surface area contributed by atoms with Crippen molar-refractivity contribution in [1.29, 1.82) is 0 Å². The fourth-order valence-electron chi connectivity index (χ4n) is 2.31. The SMILES string of the molecule is NC(=O)C[C@@H](NC(=O)CC1CCCCC1)C(=O)O. The molecule has 0 spiro atoms. The topological polar surface area (TPSA) is 109 Å². The predicted octanol–water partition coefficient (Wildman–Crippen LogP) is 0.402. The molecule has 1 aliphatic rings. The van der Waals surface area contributed by atoms with Crippen molar-refractivity contribution in [3.63, 3.8) is 0 Å². The first-order valence-electron chi connectivity index (χ1n) is 6.29. The van der Waals surface area contributed by atoms with Crippen molar-refractivity contribution in [2.45, 2.75) is 51.0 Å². The van der Waals surface area contributed by atoms with E-state index in [9.17, 15) is 14.4 Å². The molecule has 0 aromatic heterocycles. The van der Waals surface area contributed by atoms with E-state index in [2.05, 4.69) is 5.32 Å². The molecule has 0 heterocycles. The molecule has 102 valence electrons. The van der Waals surface area contributed by atoms with Crippen LogP contribution < -0.4 is 11.1 Å². The third-order valence-corrected chi connectivity index (χ3v) is 3.24. The van der Waals surface area contributed by atoms with Crippen LogP contribution >= 0.6 is 0 Å². The zero-order chi connectivity index (χ0) is 13.5. The minimum Gasteiger partial charge on any atom is -0.480 e. The van der Waals surface area contributed by atoms with Crippen LogP contribution in [0.1, 0.15) is 44.9 Å². The summed E-state index contributed by atoms with van der Waals surface area (Å²) in [7, 11) is 0. The molecule has 0 radical (unpaired) electrons. The van der Waals surface area contributed by atoms with E-state index in [1.165, 1.54) is 6.42 Å². The lowest BCUT2D eigenvalue weighted by Gasteiger charge is -2.21. The molecule has 0 unspecified atom stereocenters. The number of hydrogen-bond donors (Lipinski definition) is 3. The Bertz CT molecular complexity index is 324. The normalized spacial score (nSPS) is 18.0. The number of amides is 2. The molecule has 1 aliphatic carbocycles. The number of aliphatic carboxylic acids is 1. The minimum atomic E-state index is -1.23. The number of carbonyl (C=O) groups excluding carboxylic acids is 2. The van der Waals surface area contributed by atoms with Gasteiger partial charge in [-0.1, -0.05) is 19.3 Å². The smallest absolute Gasteiger partial charge is 0.326 e. The average Bonchev–Trinajstić information content (AvgIpc) is 2.28. The Morgan fingerprint density at radius 2 is 1.83 bits per heavy atom. The molecule has 0 bridgehead atoms. The van der Waals surface area contributed by atoms with Crippen LogP contribution in [0.4, 0.5) is 0 Å². The van der Waals surface area contributed by atoms with Crippen molar-refractivity contribution in [2.24, 2.45) is 11.7 Å². The van der Waals surface area contributed by atoms with Gasteiger partial charge in [0.2, 0.25) is 11.8 Å². The van der Waals surface area contributed by atoms with Gasteiger partial charge in [0, 0.05) is 6.42 Å². The fourth-order valence-corrected chi connectivity index (χ4v) is 2.31. The van der Waals surface area contributed by atoms with Gasteiger partial charge in [0.15, 0.2) is 0 Å². The summed E-state index contributed by atoms with van der Waals surface area (Å²) in [6.45, 7) is 0. The standard InChI is InChI=1S/C12H20N2O4/c13-10(15)7-9(12(17)18)14-11(16)6-8-4-2-1-3-5-8/h8-9H,1-7H2,(H2,13,15)(H,14,16)(H,17,18)/t9-/m1/s1. The molecule has 2 amide bonds. The molecule has 6 heteroatoms. The van der Waals surface area contributed by atoms with Gasteiger partial charge in [-0.25, -0.2) is 4.79 Å². The van der Waals surface area contributed by atoms with E-state index in [1.807, 2.05) is 0 Å². The second-order valence-electron chi connectivity index (χ2n) is 4.84. The van der Waals surface area contributed by atoms with Crippen LogP contribution in [0.5, 0.6) is 0 Å². The number of carbonyl (C=O) groups is 3. The summed E-state index contributed by atoms with van der Waals surface area (Å²) in [5.74, 6) is -1.94. The highest BCUT2D eigenvalue weighted by Crippen LogP contribution is 2.26. The van der Waals surface area contributed by atoms with Gasteiger partial charge in [-0.3, -0.25) is 9.59 Å². The van der Waals surface area contributed by atoms with Crippen LogP contribution in [0.25, 0.3) is 0 Å². The summed E-state index contributed by atoms with van der Waals surface area (Å²) in [6.07, 6.45) is 5.46. The Labute approximate surface area is 106 Å². The molecule has 1 rings (SSSR count). The number of hydrogen-bond acceptors (Lipinski definition) is 3. The maximum Gasteiger partial charge on any atom is 0.326 e. The van der Waals surface area contributed by atoms with E-state index in [1.54, 1.807) is 0 Å². The van der Waals surface area contributed by atoms with Gasteiger partial charge < -0.3 is 16.2 Å². The molecule has 4 N–H and O–H groups in total. The Hall–Kier alpha value is -1.59. The first-order chi connectivity index (χ1) is 8.49. The van der Waals surface area contributed by atoms with E-state index < -0.39 is 17.9 Å². The number of rotatable bonds is 6. The lowest BCUT2D eigenvalue weighted by atomic mass is 9.87. The van der Waals surface area contributed by atoms with Crippen molar-refractivity contribution in [3.05, 3.63) is 0 Å². The Morgan fingerprint density at radius 3 is 2.33 bits per heavy atom. The van der Waals surface area contributed by atoms with Crippen LogP contribution in [0.3, 0.4) is 0 Å². The van der Waals surface area contributed by atoms with E-state index >= 15 is 0 Å². The zero-order valence-electron chi connectivity index (χ0n) is 10.4. The van der Waals surface area contributed by atoms with Crippen molar-refractivity contribution >= 4 is 17.8 Å². The van der Waals surface area contributed by atoms with Crippen LogP contribution in [-0.4, -0.2) is 28.9 Å². The van der Waals surface area contributed by atoms with Crippen LogP contribution in [-0.2, 0) is 14.4 Å². The summed E-state index contributed by atoms with van der Waals surface area (Å²) in [4.78, 5) is 33.2. The molecule has 18 heavy (non-hydrogen) atoms. The maximum absolute atomic E-state index is 11.7. The van der Waals surface area contributed by atoms with Crippen molar-refractivity contribution in [3.8, 4) is 0 Å². The van der Waals surface area contributed by atoms with E-state index in [0.29, 0.717) is 12.3 Å². The summed E-state index contributed by atoms with van der Waals surface area (Å²) >= 11 is 0. The molecule has 0 aromatic carbocycles. The van der Waals surface area contributed by atoms with E-state index in [-0.39, 0.29) is 12.3 Å². The maximum atomic E-state index is 11.7. The monoisotopic (exact) mass is 256 g/mol. The largest absolute Gasteiger partial charge is 0.480 e. The zero-order valence-corrected chi connectivity index (χ0v) is 10.4. The summed E-state index contributed by atoms with van der Waals surface area (Å²) in [5.41, 5.74) is 4.94. The summed E-state index contributed by atoms with van der Waals surface area (Å²) in [5, 5.41) is 11.2. The van der Waals surface area contributed by atoms with Gasteiger partial charge >= 0.3 is 5.97 Å². The molecule has 1 fully saturated rings. The molecule has 0 aliphatic heterocycles. The van der Waals surface area contributed by atoms with Gasteiger partial charge in [-0.2, -0.15) is 0 Å². The molecular formula is C12H20N2O4. The number of nitrogens with two attached hydrogens (primary N) is 1. The summed E-state index contributed by atoms with van der Waals surface area (Å²) < 4.78 is 0. The summed E-state index contributed by atoms with van der Waals surface area (Å²) in [6, 6.07) is -1.21. The number of nitrogens with one attached hydrogen (secondary N) is 1. The van der Waals surface area contributed by atoms with Gasteiger partial charge in [-0.15, -0.1) is 0 Å². The Kier molecular flexibility index (Phi) is 5.61. The molecule has 1 saturated carbocycles. The van der Waals surface area contributed by atoms with Crippen molar-refractivity contribution in [1.82, 2.24) is 5.32 Å². The van der Waals surface area contributed by atoms with Crippen molar-refractivity contribution in [2.75, 3.05) is 0 Å². The third kappa shape index (κ3) is 5.16. The number of carboxylic acid groups (broad SMARTS) is 1. The second-order valence-corrected chi connectivity index (χ2v) is 4.84. The van der Waals surface area contributed by atoms with Gasteiger partial charge in [0.05, 0.1) is 6.42 Å².